The maximum absolute atomic E-state index is 12.6. The van der Waals surface area contributed by atoms with Crippen LogP contribution >= 0.6 is 0 Å². The Morgan fingerprint density at radius 1 is 0.868 bits per heavy atom. The molecule has 1 atom stereocenters. The molecule has 0 saturated carbocycles. The lowest BCUT2D eigenvalue weighted by atomic mass is 9.98. The zero-order chi connectivity index (χ0) is 27.5. The number of benzene rings is 2. The number of nitrogens with one attached hydrogen (secondary N) is 1. The molecule has 0 fully saturated rings. The van der Waals surface area contributed by atoms with Crippen molar-refractivity contribution in [3.05, 3.63) is 59.7 Å². The Kier molecular flexibility index (Phi) is 10.8. The van der Waals surface area contributed by atoms with Crippen LogP contribution in [0.4, 0.5) is 4.79 Å². The van der Waals surface area contributed by atoms with Crippen molar-refractivity contribution in [3.63, 3.8) is 0 Å². The standard InChI is InChI=1S/C26H31NO10S/c28-24(10-5-12-35-14-15-36-13-11-25(29)30)23(17-38(32,33)34)27-26(31)37-16-22-20-8-3-1-6-18(20)19-7-2-4-9-21(19)22/h1-4,6-9,22-23H,5,10-17H2,(H,27,31)(H,29,30)(H,32,33,34)/t23-/m0/s1. The lowest BCUT2D eigenvalue weighted by molar-refractivity contribution is -0.138. The third-order valence-corrected chi connectivity index (χ3v) is 6.70. The van der Waals surface area contributed by atoms with Crippen molar-refractivity contribution in [3.8, 4) is 11.1 Å². The Balaban J connectivity index is 1.48. The average Bonchev–Trinajstić information content (AvgIpc) is 3.18. The first kappa shape index (κ1) is 29.2. The second-order valence-electron chi connectivity index (χ2n) is 8.71. The highest BCUT2D eigenvalue weighted by atomic mass is 32.2. The molecule has 0 unspecified atom stereocenters. The fourth-order valence-corrected chi connectivity index (χ4v) is 4.90. The SMILES string of the molecule is O=C(O)CCOCCOCCCC(=O)[C@H](CS(=O)(=O)O)NC(=O)OCC1c2ccccc2-c2ccccc21. The zero-order valence-electron chi connectivity index (χ0n) is 20.7. The number of hydrogen-bond acceptors (Lipinski definition) is 8. The number of fused-ring (bicyclic) bond motifs is 3. The molecule has 12 heteroatoms. The number of ketones is 1. The average molecular weight is 550 g/mol. The minimum Gasteiger partial charge on any atom is -0.481 e. The van der Waals surface area contributed by atoms with Crippen LogP contribution in [0.15, 0.2) is 48.5 Å². The van der Waals surface area contributed by atoms with Crippen LogP contribution in [0, 0.1) is 0 Å². The third kappa shape index (κ3) is 8.91. The summed E-state index contributed by atoms with van der Waals surface area (Å²) in [6, 6.07) is 14.1. The van der Waals surface area contributed by atoms with Gasteiger partial charge in [0, 0.05) is 18.9 Å². The van der Waals surface area contributed by atoms with Crippen molar-refractivity contribution in [1.82, 2.24) is 5.32 Å². The quantitative estimate of drug-likeness (QED) is 0.209. The topological polar surface area (TPSA) is 166 Å². The van der Waals surface area contributed by atoms with Crippen LogP contribution in [0.1, 0.15) is 36.3 Å². The molecule has 3 N–H and O–H groups in total. The number of Topliss-reactive ketones (excluding diaryl/α,β-unsaturated/α-hetero) is 1. The number of alkyl carbamates (subject to hydrolysis) is 1. The molecule has 1 aliphatic rings. The van der Waals surface area contributed by atoms with E-state index in [9.17, 15) is 27.4 Å². The summed E-state index contributed by atoms with van der Waals surface area (Å²) in [6.45, 7) is 0.596. The summed E-state index contributed by atoms with van der Waals surface area (Å²) in [5.74, 6) is -2.75. The highest BCUT2D eigenvalue weighted by molar-refractivity contribution is 7.85. The number of carboxylic acids is 1. The van der Waals surface area contributed by atoms with E-state index in [0.29, 0.717) is 0 Å². The predicted molar refractivity (Wildman–Crippen MR) is 137 cm³/mol. The van der Waals surface area contributed by atoms with E-state index in [0.717, 1.165) is 22.3 Å². The summed E-state index contributed by atoms with van der Waals surface area (Å²) >= 11 is 0. The summed E-state index contributed by atoms with van der Waals surface area (Å²) in [7, 11) is -4.56. The summed E-state index contributed by atoms with van der Waals surface area (Å²) < 4.78 is 47.9. The van der Waals surface area contributed by atoms with Crippen LogP contribution in [0.3, 0.4) is 0 Å². The van der Waals surface area contributed by atoms with Gasteiger partial charge in [0.15, 0.2) is 5.78 Å². The maximum atomic E-state index is 12.6. The normalized spacial score (nSPS) is 13.4. The van der Waals surface area contributed by atoms with Gasteiger partial charge in [0.25, 0.3) is 10.1 Å². The van der Waals surface area contributed by atoms with E-state index in [4.69, 9.17) is 19.3 Å². The summed E-state index contributed by atoms with van der Waals surface area (Å²) in [5.41, 5.74) is 4.09. The van der Waals surface area contributed by atoms with Gasteiger partial charge >= 0.3 is 12.1 Å². The van der Waals surface area contributed by atoms with Crippen molar-refractivity contribution >= 4 is 28.0 Å². The molecule has 2 aromatic carbocycles. The summed E-state index contributed by atoms with van der Waals surface area (Å²) in [6.07, 6.45) is -0.949. The smallest absolute Gasteiger partial charge is 0.407 e. The number of ether oxygens (including phenoxy) is 3. The Bertz CT molecular complexity index is 1180. The lowest BCUT2D eigenvalue weighted by Crippen LogP contribution is -2.45. The van der Waals surface area contributed by atoms with Crippen molar-refractivity contribution < 1.29 is 46.7 Å². The van der Waals surface area contributed by atoms with Gasteiger partial charge in [-0.25, -0.2) is 4.79 Å². The van der Waals surface area contributed by atoms with E-state index in [1.807, 2.05) is 48.5 Å². The molecule has 11 nitrogen and oxygen atoms in total. The summed E-state index contributed by atoms with van der Waals surface area (Å²) in [5, 5.41) is 10.8. The van der Waals surface area contributed by atoms with Gasteiger partial charge in [0.05, 0.1) is 26.2 Å². The monoisotopic (exact) mass is 549 g/mol. The second kappa shape index (κ2) is 14.0. The molecule has 0 radical (unpaired) electrons. The molecule has 0 aliphatic heterocycles. The Hall–Kier alpha value is -3.32. The van der Waals surface area contributed by atoms with Gasteiger partial charge in [0.2, 0.25) is 0 Å². The van der Waals surface area contributed by atoms with Gasteiger partial charge in [-0.2, -0.15) is 8.42 Å². The van der Waals surface area contributed by atoms with Crippen molar-refractivity contribution in [2.75, 3.05) is 38.8 Å². The molecule has 0 saturated heterocycles. The van der Waals surface area contributed by atoms with E-state index in [2.05, 4.69) is 5.32 Å². The molecule has 38 heavy (non-hydrogen) atoms. The summed E-state index contributed by atoms with van der Waals surface area (Å²) in [4.78, 5) is 35.5. The van der Waals surface area contributed by atoms with E-state index in [1.54, 1.807) is 0 Å². The van der Waals surface area contributed by atoms with Gasteiger partial charge in [-0.05, 0) is 28.7 Å². The molecular formula is C26H31NO10S. The number of aliphatic carboxylic acids is 1. The lowest BCUT2D eigenvalue weighted by Gasteiger charge is -2.18. The minimum atomic E-state index is -4.56. The van der Waals surface area contributed by atoms with Crippen LogP contribution in [-0.2, 0) is 33.9 Å². The molecule has 206 valence electrons. The predicted octanol–water partition coefficient (Wildman–Crippen LogP) is 2.64. The van der Waals surface area contributed by atoms with E-state index < -0.39 is 39.8 Å². The van der Waals surface area contributed by atoms with Crippen molar-refractivity contribution in [1.29, 1.82) is 0 Å². The fraction of sp³-hybridized carbons (Fsp3) is 0.423. The van der Waals surface area contributed by atoms with Gasteiger partial charge in [-0.15, -0.1) is 0 Å². The van der Waals surface area contributed by atoms with Gasteiger partial charge < -0.3 is 24.6 Å². The number of rotatable bonds is 16. The Morgan fingerprint density at radius 3 is 2.03 bits per heavy atom. The number of carbonyl (C=O) groups excluding carboxylic acids is 2. The van der Waals surface area contributed by atoms with E-state index in [1.165, 1.54) is 0 Å². The molecule has 0 aromatic heterocycles. The number of carbonyl (C=O) groups is 3. The molecule has 0 bridgehead atoms. The first-order valence-corrected chi connectivity index (χ1v) is 13.7. The first-order valence-electron chi connectivity index (χ1n) is 12.1. The Labute approximate surface area is 220 Å². The Morgan fingerprint density at radius 2 is 1.45 bits per heavy atom. The highest BCUT2D eigenvalue weighted by Crippen LogP contribution is 2.44. The largest absolute Gasteiger partial charge is 0.481 e. The molecule has 3 rings (SSSR count). The molecular weight excluding hydrogens is 518 g/mol. The fourth-order valence-electron chi connectivity index (χ4n) is 4.21. The number of amides is 1. The van der Waals surface area contributed by atoms with Gasteiger partial charge in [-0.3, -0.25) is 14.1 Å². The molecule has 0 heterocycles. The molecule has 0 spiro atoms. The van der Waals surface area contributed by atoms with Crippen LogP contribution < -0.4 is 5.32 Å². The minimum absolute atomic E-state index is 0.0188. The van der Waals surface area contributed by atoms with Crippen molar-refractivity contribution in [2.24, 2.45) is 0 Å². The van der Waals surface area contributed by atoms with Gasteiger partial charge in [0.1, 0.15) is 18.4 Å². The van der Waals surface area contributed by atoms with Crippen LogP contribution in [0.2, 0.25) is 0 Å². The molecule has 1 aliphatic carbocycles. The number of hydrogen-bond donors (Lipinski definition) is 3. The molecule has 2 aromatic rings. The van der Waals surface area contributed by atoms with Crippen LogP contribution in [0.5, 0.6) is 0 Å². The highest BCUT2D eigenvalue weighted by Gasteiger charge is 2.30. The van der Waals surface area contributed by atoms with E-state index in [-0.39, 0.29) is 58.2 Å². The van der Waals surface area contributed by atoms with Crippen molar-refractivity contribution in [2.45, 2.75) is 31.2 Å². The molecule has 1 amide bonds. The third-order valence-electron chi connectivity index (χ3n) is 5.95. The maximum Gasteiger partial charge on any atom is 0.407 e. The number of carboxylic acid groups (broad SMARTS) is 1. The first-order chi connectivity index (χ1) is 18.2. The van der Waals surface area contributed by atoms with Crippen LogP contribution in [-0.4, -0.2) is 80.8 Å². The van der Waals surface area contributed by atoms with Gasteiger partial charge in [-0.1, -0.05) is 48.5 Å². The second-order valence-corrected chi connectivity index (χ2v) is 10.2. The van der Waals surface area contributed by atoms with E-state index >= 15 is 0 Å². The zero-order valence-corrected chi connectivity index (χ0v) is 21.5. The van der Waals surface area contributed by atoms with Crippen LogP contribution in [0.25, 0.3) is 11.1 Å².